The predicted octanol–water partition coefficient (Wildman–Crippen LogP) is 3.40. The zero-order chi connectivity index (χ0) is 18.5. The van der Waals surface area contributed by atoms with Gasteiger partial charge in [0.2, 0.25) is 0 Å². The number of hydrogen-bond donors (Lipinski definition) is 2. The summed E-state index contributed by atoms with van der Waals surface area (Å²) in [5, 5.41) is 10.2. The van der Waals surface area contributed by atoms with Gasteiger partial charge in [0.1, 0.15) is 18.1 Å². The molecule has 6 heteroatoms. The van der Waals surface area contributed by atoms with Gasteiger partial charge in [0.15, 0.2) is 0 Å². The number of halogens is 1. The van der Waals surface area contributed by atoms with Gasteiger partial charge in [-0.05, 0) is 54.7 Å². The van der Waals surface area contributed by atoms with E-state index in [0.29, 0.717) is 48.5 Å². The fraction of sp³-hybridized carbons (Fsp3) is 0.350. The van der Waals surface area contributed by atoms with Crippen LogP contribution in [0.4, 0.5) is 0 Å². The van der Waals surface area contributed by atoms with Gasteiger partial charge in [-0.1, -0.05) is 23.7 Å². The van der Waals surface area contributed by atoms with Gasteiger partial charge in [-0.25, -0.2) is 0 Å². The first-order chi connectivity index (χ1) is 12.6. The molecule has 2 aromatic rings. The smallest absolute Gasteiger partial charge is 0.257 e. The van der Waals surface area contributed by atoms with Gasteiger partial charge < -0.3 is 20.5 Å². The molecule has 1 aliphatic rings. The molecule has 0 aliphatic carbocycles. The number of phenolic OH excluding ortho intramolecular Hbond substituents is 1. The first-order valence-corrected chi connectivity index (χ1v) is 9.17. The lowest BCUT2D eigenvalue weighted by Crippen LogP contribution is -2.38. The predicted molar refractivity (Wildman–Crippen MR) is 102 cm³/mol. The molecule has 1 fully saturated rings. The zero-order valence-corrected chi connectivity index (χ0v) is 15.3. The molecule has 0 bridgehead atoms. The van der Waals surface area contributed by atoms with E-state index >= 15 is 0 Å². The van der Waals surface area contributed by atoms with E-state index in [0.717, 1.165) is 18.4 Å². The van der Waals surface area contributed by atoms with E-state index in [1.54, 1.807) is 30.3 Å². The highest BCUT2D eigenvalue weighted by Gasteiger charge is 2.26. The number of likely N-dealkylation sites (tertiary alicyclic amines) is 1. The average molecular weight is 375 g/mol. The van der Waals surface area contributed by atoms with Gasteiger partial charge in [0, 0.05) is 24.7 Å². The summed E-state index contributed by atoms with van der Waals surface area (Å²) in [7, 11) is 0. The Bertz CT molecular complexity index is 773. The summed E-state index contributed by atoms with van der Waals surface area (Å²) in [4.78, 5) is 14.8. The monoisotopic (exact) mass is 374 g/mol. The van der Waals surface area contributed by atoms with E-state index in [1.807, 2.05) is 17.0 Å². The molecule has 26 heavy (non-hydrogen) atoms. The molecule has 2 aromatic carbocycles. The third-order valence-electron chi connectivity index (χ3n) is 4.67. The number of carbonyl (C=O) groups is 1. The lowest BCUT2D eigenvalue weighted by molar-refractivity contribution is 0.0708. The van der Waals surface area contributed by atoms with Crippen LogP contribution in [-0.4, -0.2) is 42.2 Å². The first-order valence-electron chi connectivity index (χ1n) is 8.79. The van der Waals surface area contributed by atoms with Crippen LogP contribution in [0.1, 0.15) is 34.7 Å². The first kappa shape index (κ1) is 18.5. The Morgan fingerprint density at radius 2 is 2.00 bits per heavy atom. The van der Waals surface area contributed by atoms with Crippen LogP contribution < -0.4 is 10.5 Å². The lowest BCUT2D eigenvalue weighted by Gasteiger charge is -2.32. The van der Waals surface area contributed by atoms with E-state index in [1.165, 1.54) is 0 Å². The molecule has 0 radical (unpaired) electrons. The topological polar surface area (TPSA) is 75.8 Å². The number of nitrogens with zero attached hydrogens (tertiary/aromatic N) is 1. The molecule has 5 nitrogen and oxygen atoms in total. The van der Waals surface area contributed by atoms with Gasteiger partial charge >= 0.3 is 0 Å². The van der Waals surface area contributed by atoms with Crippen LogP contribution in [0.15, 0.2) is 42.5 Å². The largest absolute Gasteiger partial charge is 0.508 e. The molecule has 0 aromatic heterocycles. The van der Waals surface area contributed by atoms with E-state index < -0.39 is 0 Å². The Hall–Kier alpha value is -2.24. The maximum Gasteiger partial charge on any atom is 0.257 e. The molecule has 1 heterocycles. The van der Waals surface area contributed by atoms with Crippen molar-refractivity contribution in [1.82, 2.24) is 4.90 Å². The van der Waals surface area contributed by atoms with Crippen molar-refractivity contribution in [3.05, 3.63) is 58.6 Å². The minimum absolute atomic E-state index is 0.0751. The van der Waals surface area contributed by atoms with Crippen molar-refractivity contribution in [2.45, 2.75) is 18.8 Å². The van der Waals surface area contributed by atoms with E-state index in [9.17, 15) is 9.90 Å². The Labute approximate surface area is 158 Å². The van der Waals surface area contributed by atoms with Crippen molar-refractivity contribution in [1.29, 1.82) is 0 Å². The van der Waals surface area contributed by atoms with Crippen LogP contribution in [0.3, 0.4) is 0 Å². The molecule has 138 valence electrons. The van der Waals surface area contributed by atoms with Crippen molar-refractivity contribution >= 4 is 17.5 Å². The number of rotatable bonds is 5. The number of phenols is 1. The quantitative estimate of drug-likeness (QED) is 0.841. The molecule has 0 atom stereocenters. The average Bonchev–Trinajstić information content (AvgIpc) is 2.66. The van der Waals surface area contributed by atoms with E-state index in [2.05, 4.69) is 0 Å². The highest BCUT2D eigenvalue weighted by atomic mass is 35.5. The fourth-order valence-electron chi connectivity index (χ4n) is 3.33. The Kier molecular flexibility index (Phi) is 6.01. The fourth-order valence-corrected chi connectivity index (χ4v) is 3.50. The standard InChI is InChI=1S/C20H23ClN2O3/c21-16-4-5-19(26-11-8-22)18(13-16)20(25)23-9-6-14(7-10-23)15-2-1-3-17(24)12-15/h1-5,12-14,24H,6-11,22H2. The van der Waals surface area contributed by atoms with Crippen LogP contribution in [0.5, 0.6) is 11.5 Å². The molecule has 1 amide bonds. The molecule has 0 saturated carbocycles. The van der Waals surface area contributed by atoms with Crippen molar-refractivity contribution < 1.29 is 14.6 Å². The van der Waals surface area contributed by atoms with E-state index in [4.69, 9.17) is 22.1 Å². The second kappa shape index (κ2) is 8.43. The Morgan fingerprint density at radius 3 is 2.69 bits per heavy atom. The van der Waals surface area contributed by atoms with Crippen molar-refractivity contribution in [3.63, 3.8) is 0 Å². The number of ether oxygens (including phenoxy) is 1. The molecular formula is C20H23ClN2O3. The molecule has 3 N–H and O–H groups in total. The number of benzene rings is 2. The van der Waals surface area contributed by atoms with Gasteiger partial charge in [0.05, 0.1) is 5.56 Å². The highest BCUT2D eigenvalue weighted by Crippen LogP contribution is 2.31. The van der Waals surface area contributed by atoms with Gasteiger partial charge in [-0.2, -0.15) is 0 Å². The van der Waals surface area contributed by atoms with Gasteiger partial charge in [-0.15, -0.1) is 0 Å². The number of piperidine rings is 1. The zero-order valence-electron chi connectivity index (χ0n) is 14.5. The second-order valence-corrected chi connectivity index (χ2v) is 6.88. The number of hydrogen-bond acceptors (Lipinski definition) is 4. The van der Waals surface area contributed by atoms with Crippen molar-refractivity contribution in [3.8, 4) is 11.5 Å². The summed E-state index contributed by atoms with van der Waals surface area (Å²) in [6.45, 7) is 2.04. The molecule has 3 rings (SSSR count). The SMILES string of the molecule is NCCOc1ccc(Cl)cc1C(=O)N1CCC(c2cccc(O)c2)CC1. The number of carbonyl (C=O) groups excluding carboxylic acids is 1. The summed E-state index contributed by atoms with van der Waals surface area (Å²) in [6, 6.07) is 12.4. The molecular weight excluding hydrogens is 352 g/mol. The molecule has 0 spiro atoms. The number of nitrogens with two attached hydrogens (primary N) is 1. The van der Waals surface area contributed by atoms with Crippen LogP contribution in [0, 0.1) is 0 Å². The van der Waals surface area contributed by atoms with Gasteiger partial charge in [0.25, 0.3) is 5.91 Å². The minimum Gasteiger partial charge on any atom is -0.508 e. The van der Waals surface area contributed by atoms with Crippen molar-refractivity contribution in [2.75, 3.05) is 26.2 Å². The maximum atomic E-state index is 12.9. The summed E-state index contributed by atoms with van der Waals surface area (Å²) >= 11 is 6.08. The van der Waals surface area contributed by atoms with Crippen LogP contribution in [0.2, 0.25) is 5.02 Å². The lowest BCUT2D eigenvalue weighted by atomic mass is 9.89. The normalized spacial score (nSPS) is 15.1. The summed E-state index contributed by atoms with van der Waals surface area (Å²) in [6.07, 6.45) is 1.71. The third-order valence-corrected chi connectivity index (χ3v) is 4.91. The highest BCUT2D eigenvalue weighted by molar-refractivity contribution is 6.31. The molecule has 0 unspecified atom stereocenters. The second-order valence-electron chi connectivity index (χ2n) is 6.44. The van der Waals surface area contributed by atoms with Crippen LogP contribution in [0.25, 0.3) is 0 Å². The molecule has 1 aliphatic heterocycles. The van der Waals surface area contributed by atoms with Gasteiger partial charge in [-0.3, -0.25) is 4.79 Å². The van der Waals surface area contributed by atoms with Crippen LogP contribution >= 0.6 is 11.6 Å². The number of amides is 1. The third kappa shape index (κ3) is 4.29. The number of aromatic hydroxyl groups is 1. The Morgan fingerprint density at radius 1 is 1.23 bits per heavy atom. The van der Waals surface area contributed by atoms with E-state index in [-0.39, 0.29) is 11.7 Å². The minimum atomic E-state index is -0.0751. The van der Waals surface area contributed by atoms with Crippen LogP contribution in [-0.2, 0) is 0 Å². The summed E-state index contributed by atoms with van der Waals surface area (Å²) in [5.74, 6) is 1.06. The Balaban J connectivity index is 1.69. The van der Waals surface area contributed by atoms with Crippen molar-refractivity contribution in [2.24, 2.45) is 5.73 Å². The molecule has 1 saturated heterocycles. The maximum absolute atomic E-state index is 12.9. The summed E-state index contributed by atoms with van der Waals surface area (Å²) < 4.78 is 5.60. The summed E-state index contributed by atoms with van der Waals surface area (Å²) in [5.41, 5.74) is 7.08.